The number of nitrogens with zero attached hydrogens (tertiary/aromatic N) is 1. The van der Waals surface area contributed by atoms with Crippen molar-refractivity contribution in [1.29, 1.82) is 0 Å². The van der Waals surface area contributed by atoms with Crippen molar-refractivity contribution >= 4 is 23.0 Å². The van der Waals surface area contributed by atoms with Crippen LogP contribution in [0.15, 0.2) is 18.2 Å². The summed E-state index contributed by atoms with van der Waals surface area (Å²) in [5.74, 6) is 0. The van der Waals surface area contributed by atoms with E-state index in [1.54, 1.807) is 0 Å². The van der Waals surface area contributed by atoms with Crippen LogP contribution in [0.1, 0.15) is 24.0 Å². The van der Waals surface area contributed by atoms with Crippen LogP contribution in [-0.2, 0) is 0 Å². The lowest BCUT2D eigenvalue weighted by molar-refractivity contribution is 0.900. The molecule has 1 saturated carbocycles. The predicted molar refractivity (Wildman–Crippen MR) is 73.1 cm³/mol. The van der Waals surface area contributed by atoms with Gasteiger partial charge in [-0.1, -0.05) is 17.7 Å². The molecule has 0 amide bonds. The van der Waals surface area contributed by atoms with Crippen LogP contribution in [0.4, 0.5) is 5.69 Å². The minimum absolute atomic E-state index is 0.612. The van der Waals surface area contributed by atoms with E-state index in [-0.39, 0.29) is 0 Å². The highest BCUT2D eigenvalue weighted by Crippen LogP contribution is 2.22. The molecule has 0 saturated heterocycles. The lowest BCUT2D eigenvalue weighted by atomic mass is 10.1. The van der Waals surface area contributed by atoms with E-state index in [2.05, 4.69) is 42.3 Å². The molecule has 3 heteroatoms. The second-order valence-electron chi connectivity index (χ2n) is 4.57. The van der Waals surface area contributed by atoms with Crippen molar-refractivity contribution in [3.8, 4) is 0 Å². The van der Waals surface area contributed by atoms with Crippen molar-refractivity contribution in [3.05, 3.63) is 29.3 Å². The summed E-state index contributed by atoms with van der Waals surface area (Å²) in [5.41, 5.74) is 3.74. The summed E-state index contributed by atoms with van der Waals surface area (Å²) in [4.78, 5) is 2.06. The van der Waals surface area contributed by atoms with Gasteiger partial charge in [-0.05, 0) is 50.5 Å². The number of hydrogen-bond acceptors (Lipinski definition) is 1. The first kappa shape index (κ1) is 11.4. The van der Waals surface area contributed by atoms with E-state index in [1.807, 2.05) is 7.05 Å². The summed E-state index contributed by atoms with van der Waals surface area (Å²) in [6.07, 6.45) is 2.50. The molecule has 86 valence electrons. The molecule has 1 aliphatic rings. The molecule has 2 nitrogen and oxygen atoms in total. The summed E-state index contributed by atoms with van der Waals surface area (Å²) < 4.78 is 0. The Hall–Kier alpha value is -1.09. The number of hydrogen-bond donors (Lipinski definition) is 1. The quantitative estimate of drug-likeness (QED) is 0.792. The molecule has 0 atom stereocenters. The first-order valence-electron chi connectivity index (χ1n) is 5.69. The van der Waals surface area contributed by atoms with Crippen LogP contribution in [0.3, 0.4) is 0 Å². The van der Waals surface area contributed by atoms with Gasteiger partial charge in [-0.25, -0.2) is 0 Å². The van der Waals surface area contributed by atoms with E-state index < -0.39 is 0 Å². The Morgan fingerprint density at radius 3 is 2.62 bits per heavy atom. The van der Waals surface area contributed by atoms with E-state index in [4.69, 9.17) is 12.2 Å². The lowest BCUT2D eigenvalue weighted by Gasteiger charge is -2.23. The average molecular weight is 234 g/mol. The predicted octanol–water partition coefficient (Wildman–Crippen LogP) is 2.78. The second kappa shape index (κ2) is 4.42. The van der Waals surface area contributed by atoms with Crippen molar-refractivity contribution in [3.63, 3.8) is 0 Å². The Bertz CT molecular complexity index is 410. The second-order valence-corrected chi connectivity index (χ2v) is 4.96. The zero-order chi connectivity index (χ0) is 11.7. The van der Waals surface area contributed by atoms with Crippen molar-refractivity contribution in [2.75, 3.05) is 11.9 Å². The summed E-state index contributed by atoms with van der Waals surface area (Å²) in [5, 5.41) is 4.18. The molecule has 0 unspecified atom stereocenters. The Balaban J connectivity index is 2.12. The lowest BCUT2D eigenvalue weighted by Crippen LogP contribution is -2.38. The van der Waals surface area contributed by atoms with Gasteiger partial charge in [-0.15, -0.1) is 0 Å². The van der Waals surface area contributed by atoms with E-state index >= 15 is 0 Å². The number of benzene rings is 1. The van der Waals surface area contributed by atoms with E-state index in [9.17, 15) is 0 Å². The van der Waals surface area contributed by atoms with Gasteiger partial charge in [0, 0.05) is 18.8 Å². The Morgan fingerprint density at radius 1 is 1.38 bits per heavy atom. The zero-order valence-electron chi connectivity index (χ0n) is 10.1. The summed E-state index contributed by atoms with van der Waals surface area (Å²) in [6.45, 7) is 4.23. The molecule has 1 aliphatic carbocycles. The van der Waals surface area contributed by atoms with Gasteiger partial charge >= 0.3 is 0 Å². The van der Waals surface area contributed by atoms with Crippen LogP contribution >= 0.6 is 12.2 Å². The third kappa shape index (κ3) is 2.53. The number of aryl methyl sites for hydroxylation is 2. The molecule has 0 aliphatic heterocycles. The van der Waals surface area contributed by atoms with E-state index in [0.717, 1.165) is 5.11 Å². The highest BCUT2D eigenvalue weighted by atomic mass is 32.1. The highest BCUT2D eigenvalue weighted by Gasteiger charge is 2.23. The fraction of sp³-hybridized carbons (Fsp3) is 0.462. The maximum absolute atomic E-state index is 5.38. The van der Waals surface area contributed by atoms with Crippen LogP contribution in [0.5, 0.6) is 0 Å². The molecule has 1 aromatic carbocycles. The van der Waals surface area contributed by atoms with Crippen LogP contribution < -0.4 is 10.2 Å². The van der Waals surface area contributed by atoms with E-state index in [0.29, 0.717) is 6.04 Å². The molecular formula is C13H18N2S. The first-order chi connectivity index (χ1) is 7.58. The standard InChI is InChI=1S/C13H18N2S/c1-9-4-7-12(10(2)8-9)15(3)13(16)14-11-5-6-11/h4,7-8,11H,5-6H2,1-3H3,(H,14,16). The highest BCUT2D eigenvalue weighted by molar-refractivity contribution is 7.80. The molecule has 0 heterocycles. The molecule has 0 bridgehead atoms. The van der Waals surface area contributed by atoms with Gasteiger partial charge < -0.3 is 10.2 Å². The Kier molecular flexibility index (Phi) is 3.15. The largest absolute Gasteiger partial charge is 0.360 e. The van der Waals surface area contributed by atoms with Crippen molar-refractivity contribution in [2.45, 2.75) is 32.7 Å². The zero-order valence-corrected chi connectivity index (χ0v) is 10.9. The number of nitrogens with one attached hydrogen (secondary N) is 1. The number of thiocarbonyl (C=S) groups is 1. The van der Waals surface area contributed by atoms with Gasteiger partial charge in [-0.3, -0.25) is 0 Å². The minimum atomic E-state index is 0.612. The van der Waals surface area contributed by atoms with Crippen molar-refractivity contribution in [1.82, 2.24) is 5.32 Å². The van der Waals surface area contributed by atoms with Crippen LogP contribution in [0.25, 0.3) is 0 Å². The first-order valence-corrected chi connectivity index (χ1v) is 6.10. The van der Waals surface area contributed by atoms with Gasteiger partial charge in [0.05, 0.1) is 0 Å². The van der Waals surface area contributed by atoms with Gasteiger partial charge in [-0.2, -0.15) is 0 Å². The fourth-order valence-corrected chi connectivity index (χ4v) is 2.06. The van der Waals surface area contributed by atoms with Gasteiger partial charge in [0.15, 0.2) is 5.11 Å². The van der Waals surface area contributed by atoms with Crippen molar-refractivity contribution in [2.24, 2.45) is 0 Å². The summed E-state index contributed by atoms with van der Waals surface area (Å²) in [6, 6.07) is 7.05. The van der Waals surface area contributed by atoms with Gasteiger partial charge in [0.1, 0.15) is 0 Å². The van der Waals surface area contributed by atoms with Crippen LogP contribution in [-0.4, -0.2) is 18.2 Å². The normalized spacial score (nSPS) is 14.7. The fourth-order valence-electron chi connectivity index (χ4n) is 1.79. The maximum atomic E-state index is 5.38. The molecule has 16 heavy (non-hydrogen) atoms. The molecule has 2 rings (SSSR count). The molecular weight excluding hydrogens is 216 g/mol. The van der Waals surface area contributed by atoms with Gasteiger partial charge in [0.2, 0.25) is 0 Å². The van der Waals surface area contributed by atoms with Crippen LogP contribution in [0.2, 0.25) is 0 Å². The maximum Gasteiger partial charge on any atom is 0.173 e. The van der Waals surface area contributed by atoms with Crippen LogP contribution in [0, 0.1) is 13.8 Å². The topological polar surface area (TPSA) is 15.3 Å². The summed E-state index contributed by atoms with van der Waals surface area (Å²) >= 11 is 5.38. The molecule has 1 aromatic rings. The number of anilines is 1. The molecule has 1 N–H and O–H groups in total. The Morgan fingerprint density at radius 2 is 2.06 bits per heavy atom. The smallest absolute Gasteiger partial charge is 0.173 e. The summed E-state index contributed by atoms with van der Waals surface area (Å²) in [7, 11) is 2.02. The van der Waals surface area contributed by atoms with Gasteiger partial charge in [0.25, 0.3) is 0 Å². The SMILES string of the molecule is Cc1ccc(N(C)C(=S)NC2CC2)c(C)c1. The Labute approximate surface area is 103 Å². The van der Waals surface area contributed by atoms with E-state index in [1.165, 1.54) is 29.7 Å². The van der Waals surface area contributed by atoms with Crippen molar-refractivity contribution < 1.29 is 0 Å². The molecule has 1 fully saturated rings. The third-order valence-corrected chi connectivity index (χ3v) is 3.31. The molecule has 0 radical (unpaired) electrons. The molecule has 0 aromatic heterocycles. The average Bonchev–Trinajstić information content (AvgIpc) is 3.00. The minimum Gasteiger partial charge on any atom is -0.360 e. The molecule has 0 spiro atoms. The monoisotopic (exact) mass is 234 g/mol. The third-order valence-electron chi connectivity index (χ3n) is 2.92. The number of rotatable bonds is 2.